The van der Waals surface area contributed by atoms with Gasteiger partial charge in [-0.3, -0.25) is 4.90 Å². The van der Waals surface area contributed by atoms with Crippen molar-refractivity contribution in [2.75, 3.05) is 25.0 Å². The Morgan fingerprint density at radius 3 is 2.66 bits per heavy atom. The third kappa shape index (κ3) is 5.02. The standard InChI is InChI=1S/C28H32N4O2S/c1-4-34-28(33)25-18(2)24-26(29-19(3)21-13-12-20-10-6-7-11-22(20)16-21)30-23(31-27(24)35-25)17-32-14-8-5-9-15-32/h6-7,10-13,16,19H,4-5,8-9,14-15,17H2,1-3H3,(H,29,30,31)/t19-/m0/s1. The third-order valence-electron chi connectivity index (χ3n) is 6.74. The maximum absolute atomic E-state index is 12.6. The summed E-state index contributed by atoms with van der Waals surface area (Å²) in [4.78, 5) is 26.4. The van der Waals surface area contributed by atoms with Gasteiger partial charge in [0.2, 0.25) is 0 Å². The number of esters is 1. The van der Waals surface area contributed by atoms with E-state index in [4.69, 9.17) is 14.7 Å². The van der Waals surface area contributed by atoms with Crippen LogP contribution in [0.3, 0.4) is 0 Å². The van der Waals surface area contributed by atoms with Crippen LogP contribution < -0.4 is 5.32 Å². The summed E-state index contributed by atoms with van der Waals surface area (Å²) in [7, 11) is 0. The summed E-state index contributed by atoms with van der Waals surface area (Å²) in [5, 5.41) is 7.01. The molecule has 4 aromatic rings. The fourth-order valence-electron chi connectivity index (χ4n) is 4.83. The van der Waals surface area contributed by atoms with Gasteiger partial charge in [-0.15, -0.1) is 11.3 Å². The monoisotopic (exact) mass is 488 g/mol. The SMILES string of the molecule is CCOC(=O)c1sc2nc(CN3CCCCC3)nc(N[C@@H](C)c3ccc4ccccc4c3)c2c1C. The molecule has 0 spiro atoms. The smallest absolute Gasteiger partial charge is 0.348 e. The lowest BCUT2D eigenvalue weighted by molar-refractivity contribution is 0.0531. The summed E-state index contributed by atoms with van der Waals surface area (Å²) < 4.78 is 5.32. The molecule has 0 saturated carbocycles. The van der Waals surface area contributed by atoms with Gasteiger partial charge in [-0.1, -0.05) is 42.8 Å². The number of benzene rings is 2. The van der Waals surface area contributed by atoms with Crippen molar-refractivity contribution in [2.45, 2.75) is 52.6 Å². The zero-order chi connectivity index (χ0) is 24.4. The van der Waals surface area contributed by atoms with E-state index in [9.17, 15) is 4.79 Å². The van der Waals surface area contributed by atoms with E-state index in [0.29, 0.717) is 11.5 Å². The molecular formula is C28H32N4O2S. The number of aromatic nitrogens is 2. The zero-order valence-electron chi connectivity index (χ0n) is 20.6. The van der Waals surface area contributed by atoms with E-state index in [1.165, 1.54) is 46.9 Å². The minimum absolute atomic E-state index is 0.0332. The van der Waals surface area contributed by atoms with Gasteiger partial charge in [-0.2, -0.15) is 0 Å². The van der Waals surface area contributed by atoms with Gasteiger partial charge in [0.05, 0.1) is 18.5 Å². The number of likely N-dealkylation sites (tertiary alicyclic amines) is 1. The number of anilines is 1. The van der Waals surface area contributed by atoms with E-state index in [1.54, 1.807) is 0 Å². The summed E-state index contributed by atoms with van der Waals surface area (Å²) in [6, 6.07) is 15.0. The summed E-state index contributed by atoms with van der Waals surface area (Å²) in [5.74, 6) is 1.29. The molecule has 0 radical (unpaired) electrons. The van der Waals surface area contributed by atoms with E-state index >= 15 is 0 Å². The Kier molecular flexibility index (Phi) is 6.97. The van der Waals surface area contributed by atoms with Gasteiger partial charge in [-0.05, 0) is 74.7 Å². The highest BCUT2D eigenvalue weighted by Crippen LogP contribution is 2.36. The van der Waals surface area contributed by atoms with Crippen LogP contribution in [0, 0.1) is 6.92 Å². The number of piperidine rings is 1. The molecule has 3 heterocycles. The molecule has 2 aromatic heterocycles. The quantitative estimate of drug-likeness (QED) is 0.300. The number of hydrogen-bond donors (Lipinski definition) is 1. The zero-order valence-corrected chi connectivity index (χ0v) is 21.5. The lowest BCUT2D eigenvalue weighted by Gasteiger charge is -2.26. The second kappa shape index (κ2) is 10.3. The summed E-state index contributed by atoms with van der Waals surface area (Å²) in [5.41, 5.74) is 2.06. The van der Waals surface area contributed by atoms with Crippen molar-refractivity contribution in [2.24, 2.45) is 0 Å². The van der Waals surface area contributed by atoms with Crippen molar-refractivity contribution < 1.29 is 9.53 Å². The Morgan fingerprint density at radius 1 is 1.11 bits per heavy atom. The summed E-state index contributed by atoms with van der Waals surface area (Å²) in [6.45, 7) is 9.17. The largest absolute Gasteiger partial charge is 0.462 e. The molecule has 0 unspecified atom stereocenters. The van der Waals surface area contributed by atoms with Crippen molar-refractivity contribution in [3.05, 3.63) is 64.3 Å². The first-order chi connectivity index (χ1) is 17.0. The number of ether oxygens (including phenoxy) is 1. The molecule has 1 atom stereocenters. The van der Waals surface area contributed by atoms with Gasteiger partial charge in [-0.25, -0.2) is 14.8 Å². The van der Waals surface area contributed by atoms with Gasteiger partial charge >= 0.3 is 5.97 Å². The van der Waals surface area contributed by atoms with Gasteiger partial charge in [0.25, 0.3) is 0 Å². The summed E-state index contributed by atoms with van der Waals surface area (Å²) in [6.07, 6.45) is 3.73. The molecule has 0 aliphatic carbocycles. The Bertz CT molecular complexity index is 1360. The average molecular weight is 489 g/mol. The van der Waals surface area contributed by atoms with Crippen LogP contribution in [-0.2, 0) is 11.3 Å². The molecule has 7 heteroatoms. The highest BCUT2D eigenvalue weighted by molar-refractivity contribution is 7.20. The van der Waals surface area contributed by atoms with Crippen LogP contribution in [0.5, 0.6) is 0 Å². The third-order valence-corrected chi connectivity index (χ3v) is 7.90. The molecule has 6 nitrogen and oxygen atoms in total. The van der Waals surface area contributed by atoms with Crippen molar-refractivity contribution in [1.29, 1.82) is 0 Å². The summed E-state index contributed by atoms with van der Waals surface area (Å²) >= 11 is 1.40. The molecule has 1 aliphatic heterocycles. The predicted octanol–water partition coefficient (Wildman–Crippen LogP) is 6.49. The van der Waals surface area contributed by atoms with Crippen molar-refractivity contribution in [1.82, 2.24) is 14.9 Å². The maximum Gasteiger partial charge on any atom is 0.348 e. The Balaban J connectivity index is 1.52. The highest BCUT2D eigenvalue weighted by atomic mass is 32.1. The van der Waals surface area contributed by atoms with Gasteiger partial charge in [0, 0.05) is 6.04 Å². The van der Waals surface area contributed by atoms with E-state index < -0.39 is 0 Å². The second-order valence-corrected chi connectivity index (χ2v) is 10.3. The van der Waals surface area contributed by atoms with E-state index in [1.807, 2.05) is 13.8 Å². The Hall–Kier alpha value is -3.03. The minimum Gasteiger partial charge on any atom is -0.462 e. The van der Waals surface area contributed by atoms with Crippen molar-refractivity contribution in [3.8, 4) is 0 Å². The topological polar surface area (TPSA) is 67.3 Å². The Morgan fingerprint density at radius 2 is 1.89 bits per heavy atom. The first-order valence-electron chi connectivity index (χ1n) is 12.5. The molecular weight excluding hydrogens is 456 g/mol. The molecule has 2 aromatic carbocycles. The molecule has 182 valence electrons. The number of fused-ring (bicyclic) bond motifs is 2. The predicted molar refractivity (Wildman–Crippen MR) is 143 cm³/mol. The minimum atomic E-state index is -0.292. The van der Waals surface area contributed by atoms with Gasteiger partial charge in [0.1, 0.15) is 21.3 Å². The fraction of sp³-hybridized carbons (Fsp3) is 0.393. The number of thiophene rings is 1. The number of carbonyl (C=O) groups is 1. The van der Waals surface area contributed by atoms with Gasteiger partial charge in [0.15, 0.2) is 0 Å². The molecule has 1 N–H and O–H groups in total. The van der Waals surface area contributed by atoms with Gasteiger partial charge < -0.3 is 10.1 Å². The molecule has 0 amide bonds. The van der Waals surface area contributed by atoms with E-state index in [0.717, 1.165) is 47.1 Å². The van der Waals surface area contributed by atoms with Crippen molar-refractivity contribution in [3.63, 3.8) is 0 Å². The molecule has 1 saturated heterocycles. The fourth-order valence-corrected chi connectivity index (χ4v) is 5.93. The van der Waals surface area contributed by atoms with Crippen LogP contribution in [0.1, 0.15) is 65.8 Å². The Labute approximate surface area is 210 Å². The van der Waals surface area contributed by atoms with E-state index in [-0.39, 0.29) is 12.0 Å². The van der Waals surface area contributed by atoms with Crippen molar-refractivity contribution >= 4 is 44.1 Å². The normalized spacial score (nSPS) is 15.4. The van der Waals surface area contributed by atoms with Crippen LogP contribution in [0.4, 0.5) is 5.82 Å². The number of carbonyl (C=O) groups excluding carboxylic acids is 1. The molecule has 1 aliphatic rings. The number of hydrogen-bond acceptors (Lipinski definition) is 7. The highest BCUT2D eigenvalue weighted by Gasteiger charge is 2.23. The molecule has 35 heavy (non-hydrogen) atoms. The first kappa shape index (κ1) is 23.7. The van der Waals surface area contributed by atoms with Crippen LogP contribution in [-0.4, -0.2) is 40.5 Å². The van der Waals surface area contributed by atoms with E-state index in [2.05, 4.69) is 59.6 Å². The lowest BCUT2D eigenvalue weighted by Crippen LogP contribution is -2.30. The maximum atomic E-state index is 12.6. The molecule has 0 bridgehead atoms. The van der Waals surface area contributed by atoms with Crippen LogP contribution in [0.25, 0.3) is 21.0 Å². The van der Waals surface area contributed by atoms with Crippen LogP contribution in [0.2, 0.25) is 0 Å². The lowest BCUT2D eigenvalue weighted by atomic mass is 10.0. The molecule has 1 fully saturated rings. The number of nitrogens with zero attached hydrogens (tertiary/aromatic N) is 3. The number of rotatable bonds is 7. The van der Waals surface area contributed by atoms with Crippen LogP contribution >= 0.6 is 11.3 Å². The molecule has 5 rings (SSSR count). The second-order valence-electron chi connectivity index (χ2n) is 9.25. The number of nitrogens with one attached hydrogen (secondary N) is 1. The van der Waals surface area contributed by atoms with Crippen LogP contribution in [0.15, 0.2) is 42.5 Å². The number of aryl methyl sites for hydroxylation is 1. The average Bonchev–Trinajstić information content (AvgIpc) is 3.21. The first-order valence-corrected chi connectivity index (χ1v) is 13.3.